The summed E-state index contributed by atoms with van der Waals surface area (Å²) >= 11 is 0. The fraction of sp³-hybridized carbons (Fsp3) is 0.294. The second kappa shape index (κ2) is 7.10. The smallest absolute Gasteiger partial charge is 0.354 e. The van der Waals surface area contributed by atoms with E-state index < -0.39 is 40.4 Å². The van der Waals surface area contributed by atoms with Crippen LogP contribution in [0.3, 0.4) is 0 Å². The Kier molecular flexibility index (Phi) is 4.89. The fourth-order valence-corrected chi connectivity index (χ4v) is 2.58. The van der Waals surface area contributed by atoms with Crippen molar-refractivity contribution >= 4 is 5.97 Å². The molecule has 0 bridgehead atoms. The molecule has 0 spiro atoms. The largest absolute Gasteiger partial charge is 0.488 e. The van der Waals surface area contributed by atoms with Crippen molar-refractivity contribution in [3.05, 3.63) is 47.4 Å². The number of rotatable bonds is 4. The Labute approximate surface area is 141 Å². The van der Waals surface area contributed by atoms with E-state index in [1.807, 2.05) is 0 Å². The third kappa shape index (κ3) is 3.74. The molecule has 1 unspecified atom stereocenters. The molecule has 0 aliphatic carbocycles. The number of aromatic nitrogens is 1. The average molecular weight is 353 g/mol. The molecule has 1 aromatic carbocycles. The van der Waals surface area contributed by atoms with Gasteiger partial charge in [-0.2, -0.15) is 0 Å². The third-order valence-electron chi connectivity index (χ3n) is 3.74. The Bertz CT molecular complexity index is 783. The molecule has 132 valence electrons. The zero-order valence-electron chi connectivity index (χ0n) is 13.0. The maximum absolute atomic E-state index is 14.4. The molecule has 1 fully saturated rings. The molecule has 5 nitrogen and oxygen atoms in total. The number of halogens is 3. The van der Waals surface area contributed by atoms with Gasteiger partial charge in [0.05, 0.1) is 12.2 Å². The quantitative estimate of drug-likeness (QED) is 0.912. The summed E-state index contributed by atoms with van der Waals surface area (Å²) in [5, 5.41) is 8.91. The molecule has 1 saturated heterocycles. The number of aromatic carboxylic acids is 1. The van der Waals surface area contributed by atoms with Gasteiger partial charge >= 0.3 is 5.97 Å². The maximum Gasteiger partial charge on any atom is 0.354 e. The first-order valence-electron chi connectivity index (χ1n) is 7.59. The van der Waals surface area contributed by atoms with Crippen LogP contribution in [-0.4, -0.2) is 35.4 Å². The fourth-order valence-electron chi connectivity index (χ4n) is 2.58. The monoisotopic (exact) mass is 353 g/mol. The van der Waals surface area contributed by atoms with Crippen molar-refractivity contribution in [1.29, 1.82) is 0 Å². The Hall–Kier alpha value is -2.61. The molecule has 25 heavy (non-hydrogen) atoms. The Balaban J connectivity index is 1.95. The number of carboxylic acids is 1. The molecule has 1 aliphatic heterocycles. The minimum Gasteiger partial charge on any atom is -0.488 e. The van der Waals surface area contributed by atoms with Crippen LogP contribution >= 0.6 is 0 Å². The summed E-state index contributed by atoms with van der Waals surface area (Å²) in [5.41, 5.74) is -1.97. The molecule has 1 N–H and O–H groups in total. The van der Waals surface area contributed by atoms with Gasteiger partial charge in [-0.3, -0.25) is 0 Å². The molecule has 2 aromatic rings. The minimum atomic E-state index is -1.43. The van der Waals surface area contributed by atoms with Crippen molar-refractivity contribution in [2.24, 2.45) is 0 Å². The number of pyridine rings is 1. The summed E-state index contributed by atoms with van der Waals surface area (Å²) in [7, 11) is 0. The Morgan fingerprint density at radius 3 is 2.52 bits per heavy atom. The van der Waals surface area contributed by atoms with Gasteiger partial charge in [0.15, 0.2) is 0 Å². The van der Waals surface area contributed by atoms with Gasteiger partial charge in [-0.15, -0.1) is 0 Å². The molecule has 0 saturated carbocycles. The summed E-state index contributed by atoms with van der Waals surface area (Å²) in [6.07, 6.45) is 1.16. The summed E-state index contributed by atoms with van der Waals surface area (Å²) in [6.45, 7) is 0.939. The van der Waals surface area contributed by atoms with E-state index in [9.17, 15) is 18.0 Å². The van der Waals surface area contributed by atoms with Crippen LogP contribution in [0, 0.1) is 17.5 Å². The lowest BCUT2D eigenvalue weighted by molar-refractivity contribution is 0.00720. The van der Waals surface area contributed by atoms with E-state index in [0.29, 0.717) is 19.6 Å². The molecule has 8 heteroatoms. The second-order valence-electron chi connectivity index (χ2n) is 5.55. The summed E-state index contributed by atoms with van der Waals surface area (Å²) < 4.78 is 53.4. The number of carbonyl (C=O) groups is 1. The molecule has 0 radical (unpaired) electrons. The van der Waals surface area contributed by atoms with Crippen LogP contribution in [0.15, 0.2) is 24.3 Å². The molecule has 3 rings (SSSR count). The van der Waals surface area contributed by atoms with E-state index >= 15 is 0 Å². The number of nitrogens with zero attached hydrogens (tertiary/aromatic N) is 1. The van der Waals surface area contributed by atoms with Crippen LogP contribution in [0.4, 0.5) is 13.2 Å². The average Bonchev–Trinajstić information content (AvgIpc) is 2.56. The highest BCUT2D eigenvalue weighted by molar-refractivity contribution is 5.86. The van der Waals surface area contributed by atoms with E-state index in [0.717, 1.165) is 30.7 Å². The van der Waals surface area contributed by atoms with Crippen LogP contribution in [0.2, 0.25) is 0 Å². The predicted octanol–water partition coefficient (Wildman–Crippen LogP) is 3.42. The highest BCUT2D eigenvalue weighted by atomic mass is 19.1. The van der Waals surface area contributed by atoms with Gasteiger partial charge in [0.2, 0.25) is 0 Å². The van der Waals surface area contributed by atoms with Crippen molar-refractivity contribution in [2.45, 2.75) is 18.9 Å². The van der Waals surface area contributed by atoms with Crippen molar-refractivity contribution in [2.75, 3.05) is 13.2 Å². The van der Waals surface area contributed by atoms with Crippen LogP contribution in [0.25, 0.3) is 11.3 Å². The molecule has 2 heterocycles. The zero-order valence-corrected chi connectivity index (χ0v) is 13.0. The normalized spacial score (nSPS) is 17.3. The number of benzene rings is 1. The third-order valence-corrected chi connectivity index (χ3v) is 3.74. The molecule has 1 aromatic heterocycles. The van der Waals surface area contributed by atoms with Gasteiger partial charge in [-0.25, -0.2) is 22.9 Å². The van der Waals surface area contributed by atoms with Gasteiger partial charge in [-0.05, 0) is 25.0 Å². The lowest BCUT2D eigenvalue weighted by Crippen LogP contribution is -2.28. The van der Waals surface area contributed by atoms with Crippen molar-refractivity contribution in [3.63, 3.8) is 0 Å². The molecular formula is C17H14F3NO4. The molecule has 1 aliphatic rings. The Morgan fingerprint density at radius 1 is 1.20 bits per heavy atom. The number of hydrogen-bond donors (Lipinski definition) is 1. The van der Waals surface area contributed by atoms with Crippen molar-refractivity contribution in [1.82, 2.24) is 4.98 Å². The Morgan fingerprint density at radius 2 is 1.92 bits per heavy atom. The topological polar surface area (TPSA) is 68.7 Å². The van der Waals surface area contributed by atoms with Gasteiger partial charge in [0.25, 0.3) is 0 Å². The highest BCUT2D eigenvalue weighted by Crippen LogP contribution is 2.31. The van der Waals surface area contributed by atoms with Crippen LogP contribution in [0.5, 0.6) is 5.75 Å². The number of ether oxygens (including phenoxy) is 2. The first kappa shape index (κ1) is 17.2. The first-order valence-corrected chi connectivity index (χ1v) is 7.59. The van der Waals surface area contributed by atoms with E-state index in [2.05, 4.69) is 4.98 Å². The van der Waals surface area contributed by atoms with E-state index in [1.54, 1.807) is 0 Å². The minimum absolute atomic E-state index is 0.0518. The van der Waals surface area contributed by atoms with Crippen LogP contribution in [-0.2, 0) is 4.74 Å². The summed E-state index contributed by atoms with van der Waals surface area (Å²) in [5.74, 6) is -4.71. The van der Waals surface area contributed by atoms with Crippen LogP contribution < -0.4 is 4.74 Å². The summed E-state index contributed by atoms with van der Waals surface area (Å²) in [6, 6.07) is 3.55. The van der Waals surface area contributed by atoms with Crippen molar-refractivity contribution in [3.8, 4) is 17.0 Å². The molecule has 0 amide bonds. The predicted molar refractivity (Wildman–Crippen MR) is 81.0 cm³/mol. The number of hydrogen-bond acceptors (Lipinski definition) is 4. The van der Waals surface area contributed by atoms with Gasteiger partial charge < -0.3 is 14.6 Å². The molecule has 1 atom stereocenters. The standard InChI is InChI=1S/C17H14F3NO4/c18-11-3-4-14(17(22)23)21-16(11)15-12(19)6-10(7-13(15)20)25-9-2-1-5-24-8-9/h3-4,6-7,9H,1-2,5,8H2,(H,22,23). The lowest BCUT2D eigenvalue weighted by atomic mass is 10.1. The van der Waals surface area contributed by atoms with E-state index in [1.165, 1.54) is 0 Å². The van der Waals surface area contributed by atoms with Gasteiger partial charge in [0.1, 0.15) is 40.7 Å². The second-order valence-corrected chi connectivity index (χ2v) is 5.55. The maximum atomic E-state index is 14.4. The van der Waals surface area contributed by atoms with E-state index in [-0.39, 0.29) is 11.9 Å². The summed E-state index contributed by atoms with van der Waals surface area (Å²) in [4.78, 5) is 14.4. The lowest BCUT2D eigenvalue weighted by Gasteiger charge is -2.23. The first-order chi connectivity index (χ1) is 12.0. The van der Waals surface area contributed by atoms with Gasteiger partial charge in [0, 0.05) is 18.7 Å². The van der Waals surface area contributed by atoms with Gasteiger partial charge in [-0.1, -0.05) is 0 Å². The zero-order chi connectivity index (χ0) is 18.0. The molecular weight excluding hydrogens is 339 g/mol. The highest BCUT2D eigenvalue weighted by Gasteiger charge is 2.22. The SMILES string of the molecule is O=C(O)c1ccc(F)c(-c2c(F)cc(OC3CCCOC3)cc2F)n1. The van der Waals surface area contributed by atoms with E-state index in [4.69, 9.17) is 14.6 Å². The van der Waals surface area contributed by atoms with Crippen LogP contribution in [0.1, 0.15) is 23.3 Å². The number of carboxylic acid groups (broad SMARTS) is 1. The van der Waals surface area contributed by atoms with Crippen molar-refractivity contribution < 1.29 is 32.5 Å².